The fourth-order valence-corrected chi connectivity index (χ4v) is 3.83. The van der Waals surface area contributed by atoms with Crippen molar-refractivity contribution in [2.45, 2.75) is 5.75 Å². The van der Waals surface area contributed by atoms with E-state index in [1.165, 1.54) is 24.9 Å². The summed E-state index contributed by atoms with van der Waals surface area (Å²) in [6.45, 7) is 0. The molecular formula is C24H21NO5S. The van der Waals surface area contributed by atoms with Crippen LogP contribution < -0.4 is 5.32 Å². The van der Waals surface area contributed by atoms with Crippen LogP contribution in [0.2, 0.25) is 0 Å². The van der Waals surface area contributed by atoms with E-state index in [1.807, 2.05) is 12.1 Å². The summed E-state index contributed by atoms with van der Waals surface area (Å²) in [5.74, 6) is -0.714. The standard InChI is InChI=1S/C24H21NO5S/c1-30-22(26)15-31-14-16-10-12-17(13-11-16)25-23(27)20-8-4-2-6-18(20)19-7-3-5-9-21(19)24(28)29/h2-13H,14-15H2,1H3,(H,25,27)(H,28,29). The Morgan fingerprint density at radius 1 is 0.871 bits per heavy atom. The lowest BCUT2D eigenvalue weighted by atomic mass is 9.95. The molecule has 0 aliphatic rings. The summed E-state index contributed by atoms with van der Waals surface area (Å²) in [6, 6.07) is 20.9. The van der Waals surface area contributed by atoms with Gasteiger partial charge in [-0.2, -0.15) is 0 Å². The van der Waals surface area contributed by atoms with Crippen molar-refractivity contribution >= 4 is 35.3 Å². The SMILES string of the molecule is COC(=O)CSCc1ccc(NC(=O)c2ccccc2-c2ccccc2C(=O)O)cc1. The Labute approximate surface area is 184 Å². The average Bonchev–Trinajstić information content (AvgIpc) is 2.80. The van der Waals surface area contributed by atoms with Gasteiger partial charge in [-0.1, -0.05) is 48.5 Å². The number of carbonyl (C=O) groups excluding carboxylic acids is 2. The summed E-state index contributed by atoms with van der Waals surface area (Å²) in [6.07, 6.45) is 0. The van der Waals surface area contributed by atoms with Crippen LogP contribution in [0, 0.1) is 0 Å². The van der Waals surface area contributed by atoms with Gasteiger partial charge in [-0.05, 0) is 41.0 Å². The number of esters is 1. The molecule has 0 heterocycles. The smallest absolute Gasteiger partial charge is 0.336 e. The minimum Gasteiger partial charge on any atom is -0.478 e. The van der Waals surface area contributed by atoms with Gasteiger partial charge in [0.2, 0.25) is 0 Å². The Kier molecular flexibility index (Phi) is 7.45. The molecule has 0 fully saturated rings. The van der Waals surface area contributed by atoms with E-state index in [4.69, 9.17) is 0 Å². The second kappa shape index (κ2) is 10.4. The summed E-state index contributed by atoms with van der Waals surface area (Å²) in [5, 5.41) is 12.4. The zero-order valence-corrected chi connectivity index (χ0v) is 17.6. The first-order valence-electron chi connectivity index (χ1n) is 9.46. The van der Waals surface area contributed by atoms with Crippen molar-refractivity contribution < 1.29 is 24.2 Å². The third-order valence-corrected chi connectivity index (χ3v) is 5.52. The Hall–Kier alpha value is -3.58. The average molecular weight is 436 g/mol. The van der Waals surface area contributed by atoms with Crippen LogP contribution in [-0.2, 0) is 15.3 Å². The predicted molar refractivity (Wildman–Crippen MR) is 121 cm³/mol. The molecule has 3 aromatic rings. The molecule has 0 aliphatic carbocycles. The minimum absolute atomic E-state index is 0.136. The molecular weight excluding hydrogens is 414 g/mol. The first-order chi connectivity index (χ1) is 15.0. The normalized spacial score (nSPS) is 10.4. The molecule has 7 heteroatoms. The number of methoxy groups -OCH3 is 1. The molecule has 2 N–H and O–H groups in total. The van der Waals surface area contributed by atoms with Gasteiger partial charge in [0.05, 0.1) is 18.4 Å². The van der Waals surface area contributed by atoms with Gasteiger partial charge in [-0.3, -0.25) is 9.59 Å². The molecule has 0 atom stereocenters. The van der Waals surface area contributed by atoms with Crippen LogP contribution in [0.25, 0.3) is 11.1 Å². The third kappa shape index (κ3) is 5.73. The van der Waals surface area contributed by atoms with Crippen LogP contribution >= 0.6 is 11.8 Å². The van der Waals surface area contributed by atoms with E-state index < -0.39 is 5.97 Å². The number of nitrogens with one attached hydrogen (secondary N) is 1. The Morgan fingerprint density at radius 2 is 1.45 bits per heavy atom. The number of carbonyl (C=O) groups is 3. The highest BCUT2D eigenvalue weighted by Crippen LogP contribution is 2.28. The molecule has 0 spiro atoms. The maximum atomic E-state index is 12.9. The van der Waals surface area contributed by atoms with Crippen molar-refractivity contribution in [3.63, 3.8) is 0 Å². The van der Waals surface area contributed by atoms with Gasteiger partial charge < -0.3 is 15.2 Å². The summed E-state index contributed by atoms with van der Waals surface area (Å²) >= 11 is 1.45. The van der Waals surface area contributed by atoms with E-state index >= 15 is 0 Å². The van der Waals surface area contributed by atoms with Gasteiger partial charge in [-0.15, -0.1) is 11.8 Å². The van der Waals surface area contributed by atoms with E-state index in [-0.39, 0.29) is 23.2 Å². The molecule has 31 heavy (non-hydrogen) atoms. The second-order valence-corrected chi connectivity index (χ2v) is 7.60. The Balaban J connectivity index is 1.75. The van der Waals surface area contributed by atoms with Gasteiger partial charge in [0.25, 0.3) is 5.91 Å². The van der Waals surface area contributed by atoms with Gasteiger partial charge in [0.1, 0.15) is 0 Å². The topological polar surface area (TPSA) is 92.7 Å². The highest BCUT2D eigenvalue weighted by Gasteiger charge is 2.17. The van der Waals surface area contributed by atoms with E-state index in [9.17, 15) is 19.5 Å². The summed E-state index contributed by atoms with van der Waals surface area (Å²) < 4.78 is 4.62. The van der Waals surface area contributed by atoms with Crippen LogP contribution in [0.4, 0.5) is 5.69 Å². The van der Waals surface area contributed by atoms with Crippen LogP contribution in [0.5, 0.6) is 0 Å². The number of benzene rings is 3. The molecule has 0 saturated heterocycles. The van der Waals surface area contributed by atoms with Crippen molar-refractivity contribution in [3.8, 4) is 11.1 Å². The highest BCUT2D eigenvalue weighted by atomic mass is 32.2. The van der Waals surface area contributed by atoms with Gasteiger partial charge >= 0.3 is 11.9 Å². The fourth-order valence-electron chi connectivity index (χ4n) is 3.01. The molecule has 0 saturated carbocycles. The fraction of sp³-hybridized carbons (Fsp3) is 0.125. The van der Waals surface area contributed by atoms with E-state index in [1.54, 1.807) is 54.6 Å². The number of amides is 1. The molecule has 0 aromatic heterocycles. The highest BCUT2D eigenvalue weighted by molar-refractivity contribution is 7.99. The van der Waals surface area contributed by atoms with Gasteiger partial charge in [0.15, 0.2) is 0 Å². The van der Waals surface area contributed by atoms with Crippen molar-refractivity contribution in [3.05, 3.63) is 89.5 Å². The Bertz CT molecular complexity index is 1100. The quantitative estimate of drug-likeness (QED) is 0.498. The summed E-state index contributed by atoms with van der Waals surface area (Å²) in [4.78, 5) is 35.7. The van der Waals surface area contributed by atoms with Crippen molar-refractivity contribution in [1.29, 1.82) is 0 Å². The van der Waals surface area contributed by atoms with E-state index in [0.29, 0.717) is 28.1 Å². The molecule has 0 radical (unpaired) electrons. The van der Waals surface area contributed by atoms with Crippen LogP contribution in [0.1, 0.15) is 26.3 Å². The summed E-state index contributed by atoms with van der Waals surface area (Å²) in [5.41, 5.74) is 3.19. The molecule has 3 rings (SSSR count). The lowest BCUT2D eigenvalue weighted by molar-refractivity contribution is -0.137. The number of thioether (sulfide) groups is 1. The molecule has 0 unspecified atom stereocenters. The second-order valence-electron chi connectivity index (χ2n) is 6.62. The maximum absolute atomic E-state index is 12.9. The maximum Gasteiger partial charge on any atom is 0.336 e. The van der Waals surface area contributed by atoms with Gasteiger partial charge in [-0.25, -0.2) is 4.79 Å². The number of rotatable bonds is 8. The number of carboxylic acid groups (broad SMARTS) is 1. The minimum atomic E-state index is -1.05. The molecule has 1 amide bonds. The zero-order chi connectivity index (χ0) is 22.2. The van der Waals surface area contributed by atoms with Crippen molar-refractivity contribution in [2.75, 3.05) is 18.2 Å². The van der Waals surface area contributed by atoms with Crippen molar-refractivity contribution in [2.24, 2.45) is 0 Å². The van der Waals surface area contributed by atoms with Gasteiger partial charge in [0, 0.05) is 17.0 Å². The van der Waals surface area contributed by atoms with E-state index in [2.05, 4.69) is 10.1 Å². The first kappa shape index (κ1) is 22.1. The van der Waals surface area contributed by atoms with E-state index in [0.717, 1.165) is 5.56 Å². The third-order valence-electron chi connectivity index (χ3n) is 4.55. The largest absolute Gasteiger partial charge is 0.478 e. The van der Waals surface area contributed by atoms with Crippen LogP contribution in [0.15, 0.2) is 72.8 Å². The predicted octanol–water partition coefficient (Wildman–Crippen LogP) is 4.71. The number of hydrogen-bond acceptors (Lipinski definition) is 5. The summed E-state index contributed by atoms with van der Waals surface area (Å²) in [7, 11) is 1.36. The number of aromatic carboxylic acids is 1. The number of ether oxygens (including phenoxy) is 1. The molecule has 158 valence electrons. The lowest BCUT2D eigenvalue weighted by Crippen LogP contribution is -2.13. The monoisotopic (exact) mass is 435 g/mol. The lowest BCUT2D eigenvalue weighted by Gasteiger charge is -2.12. The molecule has 0 aliphatic heterocycles. The molecule has 6 nitrogen and oxygen atoms in total. The van der Waals surface area contributed by atoms with Crippen molar-refractivity contribution in [1.82, 2.24) is 0 Å². The van der Waals surface area contributed by atoms with Crippen LogP contribution in [-0.4, -0.2) is 35.8 Å². The zero-order valence-electron chi connectivity index (χ0n) is 16.8. The van der Waals surface area contributed by atoms with Crippen LogP contribution in [0.3, 0.4) is 0 Å². The molecule has 0 bridgehead atoms. The Morgan fingerprint density at radius 3 is 2.06 bits per heavy atom. The number of hydrogen-bond donors (Lipinski definition) is 2. The first-order valence-corrected chi connectivity index (χ1v) is 10.6. The number of anilines is 1. The number of carboxylic acids is 1. The molecule has 3 aromatic carbocycles.